The highest BCUT2D eigenvalue weighted by Crippen LogP contribution is 2.33. The summed E-state index contributed by atoms with van der Waals surface area (Å²) in [7, 11) is -5.52. The summed E-state index contributed by atoms with van der Waals surface area (Å²) in [6.45, 7) is 3.17. The first kappa shape index (κ1) is 15.4. The van der Waals surface area contributed by atoms with Crippen LogP contribution in [0.25, 0.3) is 0 Å². The van der Waals surface area contributed by atoms with Crippen LogP contribution in [0.3, 0.4) is 0 Å². The molecular formula is C7H14O7PS+. The van der Waals surface area contributed by atoms with Crippen molar-refractivity contribution in [2.45, 2.75) is 25.8 Å². The van der Waals surface area contributed by atoms with Gasteiger partial charge >= 0.3 is 19.8 Å². The van der Waals surface area contributed by atoms with Gasteiger partial charge in [0, 0.05) is 0 Å². The Kier molecular flexibility index (Phi) is 6.02. The van der Waals surface area contributed by atoms with E-state index in [9.17, 15) is 17.8 Å². The summed E-state index contributed by atoms with van der Waals surface area (Å²) >= 11 is 0. The molecule has 7 nitrogen and oxygen atoms in total. The minimum atomic E-state index is -3.92. The molecule has 0 amide bonds. The molecule has 0 aliphatic rings. The minimum Gasteiger partial charge on any atom is -0.464 e. The molecule has 94 valence electrons. The van der Waals surface area contributed by atoms with E-state index in [1.165, 1.54) is 0 Å². The molecule has 0 aromatic heterocycles. The van der Waals surface area contributed by atoms with E-state index in [0.29, 0.717) is 0 Å². The average Bonchev–Trinajstić information content (AvgIpc) is 2.10. The Hall–Kier alpha value is -0.560. The van der Waals surface area contributed by atoms with Gasteiger partial charge in [0.05, 0.1) is 13.4 Å². The second-order valence-corrected chi connectivity index (χ2v) is 5.97. The van der Waals surface area contributed by atoms with Crippen LogP contribution in [-0.2, 0) is 32.9 Å². The Labute approximate surface area is 95.1 Å². The average molecular weight is 273 g/mol. The molecule has 0 aromatic rings. The predicted octanol–water partition coefficient (Wildman–Crippen LogP) is 0.629. The molecular weight excluding hydrogens is 259 g/mol. The molecule has 0 aliphatic heterocycles. The van der Waals surface area contributed by atoms with Gasteiger partial charge in [0.25, 0.3) is 10.1 Å². The van der Waals surface area contributed by atoms with Crippen LogP contribution in [0.2, 0.25) is 0 Å². The third kappa shape index (κ3) is 6.12. The summed E-state index contributed by atoms with van der Waals surface area (Å²) in [5.74, 6) is -2.83. The van der Waals surface area contributed by atoms with Crippen molar-refractivity contribution in [2.75, 3.05) is 13.4 Å². The fourth-order valence-corrected chi connectivity index (χ4v) is 2.65. The van der Waals surface area contributed by atoms with Gasteiger partial charge in [-0.3, -0.25) is 0 Å². The van der Waals surface area contributed by atoms with Crippen LogP contribution in [0.4, 0.5) is 0 Å². The summed E-state index contributed by atoms with van der Waals surface area (Å²) in [6.07, 6.45) is 0.306. The van der Waals surface area contributed by atoms with E-state index in [-0.39, 0.29) is 0 Å². The lowest BCUT2D eigenvalue weighted by molar-refractivity contribution is -0.145. The van der Waals surface area contributed by atoms with E-state index in [2.05, 4.69) is 8.92 Å². The number of hydrogen-bond donors (Lipinski definition) is 0. The first-order chi connectivity index (χ1) is 7.17. The van der Waals surface area contributed by atoms with Gasteiger partial charge in [-0.25, -0.2) is 8.98 Å². The molecule has 0 N–H and O–H groups in total. The van der Waals surface area contributed by atoms with Crippen molar-refractivity contribution in [3.63, 3.8) is 0 Å². The Morgan fingerprint density at radius 1 is 1.31 bits per heavy atom. The largest absolute Gasteiger partial charge is 0.554 e. The highest BCUT2D eigenvalue weighted by molar-refractivity contribution is 7.86. The van der Waals surface area contributed by atoms with Crippen molar-refractivity contribution in [3.8, 4) is 0 Å². The van der Waals surface area contributed by atoms with E-state index in [0.717, 1.165) is 13.4 Å². The zero-order valence-corrected chi connectivity index (χ0v) is 11.1. The Morgan fingerprint density at radius 3 is 2.12 bits per heavy atom. The number of hydrogen-bond acceptors (Lipinski definition) is 7. The Bertz CT molecular complexity index is 361. The van der Waals surface area contributed by atoms with Gasteiger partial charge in [-0.1, -0.05) is 0 Å². The zero-order chi connectivity index (χ0) is 12.9. The maximum atomic E-state index is 11.5. The number of esters is 1. The normalized spacial score (nSPS) is 14.7. The number of rotatable bonds is 6. The maximum absolute atomic E-state index is 11.5. The first-order valence-electron chi connectivity index (χ1n) is 4.26. The molecule has 0 aromatic carbocycles. The molecule has 0 spiro atoms. The van der Waals surface area contributed by atoms with Crippen LogP contribution >= 0.6 is 8.03 Å². The van der Waals surface area contributed by atoms with Crippen LogP contribution in [0.5, 0.6) is 0 Å². The van der Waals surface area contributed by atoms with E-state index < -0.39 is 36.1 Å². The summed E-state index contributed by atoms with van der Waals surface area (Å²) < 4.78 is 46.6. The molecule has 2 atom stereocenters. The van der Waals surface area contributed by atoms with Gasteiger partial charge in [0.1, 0.15) is 6.10 Å². The van der Waals surface area contributed by atoms with Crippen LogP contribution in [0.1, 0.15) is 13.8 Å². The smallest absolute Gasteiger partial charge is 0.464 e. The molecule has 0 fully saturated rings. The van der Waals surface area contributed by atoms with Gasteiger partial charge in [-0.2, -0.15) is 8.42 Å². The molecule has 0 bridgehead atoms. The second kappa shape index (κ2) is 6.24. The summed E-state index contributed by atoms with van der Waals surface area (Å²) in [5.41, 5.74) is 0. The van der Waals surface area contributed by atoms with E-state index in [1.54, 1.807) is 13.8 Å². The number of carbonyl (C=O) groups excluding carboxylic acids is 1. The van der Waals surface area contributed by atoms with Gasteiger partial charge in [0.15, 0.2) is 0 Å². The molecule has 0 saturated carbocycles. The molecule has 2 unspecified atom stereocenters. The molecule has 9 heteroatoms. The molecule has 0 radical (unpaired) electrons. The lowest BCUT2D eigenvalue weighted by Gasteiger charge is -2.04. The lowest BCUT2D eigenvalue weighted by Crippen LogP contribution is -2.26. The molecule has 16 heavy (non-hydrogen) atoms. The van der Waals surface area contributed by atoms with Crippen molar-refractivity contribution in [1.29, 1.82) is 0 Å². The minimum absolute atomic E-state index is 0.432. The van der Waals surface area contributed by atoms with E-state index in [4.69, 9.17) is 4.52 Å². The van der Waals surface area contributed by atoms with Crippen molar-refractivity contribution in [2.24, 2.45) is 0 Å². The van der Waals surface area contributed by atoms with Crippen molar-refractivity contribution in [3.05, 3.63) is 0 Å². The fraction of sp³-hybridized carbons (Fsp3) is 0.857. The SMILES string of the molecule is COC(=O)C(OS(C)(=O)=O)[P+](=O)OC(C)C. The maximum Gasteiger partial charge on any atom is 0.554 e. The fourth-order valence-electron chi connectivity index (χ4n) is 0.690. The standard InChI is InChI=1S/C7H14O7PS/c1-5(2)13-15(9)7(6(8)12-3)14-16(4,10)11/h5,7H,1-4H3/q+1. The molecule has 0 rings (SSSR count). The number of ether oxygens (including phenoxy) is 1. The quantitative estimate of drug-likeness (QED) is 0.398. The van der Waals surface area contributed by atoms with Crippen molar-refractivity contribution in [1.82, 2.24) is 0 Å². The highest BCUT2D eigenvalue weighted by Gasteiger charge is 2.45. The zero-order valence-electron chi connectivity index (χ0n) is 9.37. The van der Waals surface area contributed by atoms with Crippen LogP contribution < -0.4 is 0 Å². The summed E-state index contributed by atoms with van der Waals surface area (Å²) in [5, 5.41) is 0. The van der Waals surface area contributed by atoms with E-state index >= 15 is 0 Å². The predicted molar refractivity (Wildman–Crippen MR) is 55.6 cm³/mol. The summed E-state index contributed by atoms with van der Waals surface area (Å²) in [4.78, 5) is 11.1. The Balaban J connectivity index is 4.81. The topological polar surface area (TPSA) is 96.0 Å². The lowest BCUT2D eigenvalue weighted by atomic mass is 10.5. The third-order valence-corrected chi connectivity index (χ3v) is 3.19. The first-order valence-corrected chi connectivity index (χ1v) is 7.33. The van der Waals surface area contributed by atoms with Gasteiger partial charge in [-0.05, 0) is 18.4 Å². The van der Waals surface area contributed by atoms with Crippen LogP contribution in [-0.4, -0.2) is 39.7 Å². The monoisotopic (exact) mass is 273 g/mol. The molecule has 0 aliphatic carbocycles. The third-order valence-electron chi connectivity index (χ3n) is 1.17. The summed E-state index contributed by atoms with van der Waals surface area (Å²) in [6, 6.07) is 0. The van der Waals surface area contributed by atoms with Crippen molar-refractivity contribution >= 4 is 24.1 Å². The van der Waals surface area contributed by atoms with Crippen LogP contribution in [0, 0.1) is 0 Å². The highest BCUT2D eigenvalue weighted by atomic mass is 32.2. The van der Waals surface area contributed by atoms with Gasteiger partial charge < -0.3 is 4.74 Å². The Morgan fingerprint density at radius 2 is 1.81 bits per heavy atom. The number of methoxy groups -OCH3 is 1. The van der Waals surface area contributed by atoms with Crippen molar-refractivity contribution < 1.29 is 31.2 Å². The second-order valence-electron chi connectivity index (χ2n) is 3.12. The number of carbonyl (C=O) groups is 1. The van der Waals surface area contributed by atoms with Gasteiger partial charge in [-0.15, -0.1) is 4.52 Å². The molecule has 0 saturated heterocycles. The van der Waals surface area contributed by atoms with Gasteiger partial charge in [0.2, 0.25) is 0 Å². The molecule has 0 heterocycles. The van der Waals surface area contributed by atoms with Crippen LogP contribution in [0.15, 0.2) is 0 Å². The van der Waals surface area contributed by atoms with E-state index in [1.807, 2.05) is 0 Å².